The predicted octanol–water partition coefficient (Wildman–Crippen LogP) is 3.64. The number of hydrogen-bond acceptors (Lipinski definition) is 6. The van der Waals surface area contributed by atoms with E-state index in [9.17, 15) is 9.59 Å². The normalized spacial score (nSPS) is 14.4. The summed E-state index contributed by atoms with van der Waals surface area (Å²) in [6.07, 6.45) is -0.251. The van der Waals surface area contributed by atoms with E-state index in [2.05, 4.69) is 30.2 Å². The standard InChI is InChI=1S/C12H20O4.C3H6O3/c1-7-11(3,4)12(5,6)16-15-10-8(2)9(13)14-10;1-2-6-3(4)5/h7H2,1-6H3;2H2,1H3,(H,4,5). The van der Waals surface area contributed by atoms with E-state index in [-0.39, 0.29) is 23.9 Å². The molecular weight excluding hydrogens is 292 g/mol. The van der Waals surface area contributed by atoms with Gasteiger partial charge in [-0.1, -0.05) is 20.8 Å². The molecule has 7 nitrogen and oxygen atoms in total. The van der Waals surface area contributed by atoms with Crippen LogP contribution in [0.5, 0.6) is 0 Å². The molecule has 22 heavy (non-hydrogen) atoms. The lowest BCUT2D eigenvalue weighted by atomic mass is 9.75. The molecule has 0 amide bonds. The topological polar surface area (TPSA) is 91.3 Å². The largest absolute Gasteiger partial charge is 0.505 e. The Hall–Kier alpha value is -1.76. The Labute approximate surface area is 131 Å². The molecule has 128 valence electrons. The van der Waals surface area contributed by atoms with Crippen molar-refractivity contribution in [2.75, 3.05) is 6.61 Å². The molecule has 0 aromatic heterocycles. The van der Waals surface area contributed by atoms with Crippen LogP contribution < -0.4 is 0 Å². The van der Waals surface area contributed by atoms with Crippen LogP contribution >= 0.6 is 0 Å². The monoisotopic (exact) mass is 318 g/mol. The third kappa shape index (κ3) is 5.55. The highest BCUT2D eigenvalue weighted by molar-refractivity contribution is 5.93. The summed E-state index contributed by atoms with van der Waals surface area (Å²) in [4.78, 5) is 30.6. The molecule has 1 N–H and O–H groups in total. The van der Waals surface area contributed by atoms with Crippen molar-refractivity contribution in [1.82, 2.24) is 0 Å². The molecule has 7 heteroatoms. The van der Waals surface area contributed by atoms with Gasteiger partial charge in [0.25, 0.3) is 0 Å². The van der Waals surface area contributed by atoms with Gasteiger partial charge >= 0.3 is 18.1 Å². The Morgan fingerprint density at radius 2 is 1.77 bits per heavy atom. The maximum atomic E-state index is 10.8. The number of hydrogen-bond donors (Lipinski definition) is 1. The summed E-state index contributed by atoms with van der Waals surface area (Å²) < 4.78 is 8.64. The Morgan fingerprint density at radius 1 is 1.23 bits per heavy atom. The van der Waals surface area contributed by atoms with Crippen molar-refractivity contribution < 1.29 is 33.9 Å². The van der Waals surface area contributed by atoms with Crippen LogP contribution in [-0.2, 0) is 24.0 Å². The maximum absolute atomic E-state index is 10.8. The first-order valence-corrected chi connectivity index (χ1v) is 7.13. The highest BCUT2D eigenvalue weighted by Gasteiger charge is 2.40. The van der Waals surface area contributed by atoms with E-state index in [1.54, 1.807) is 13.8 Å². The molecule has 1 aliphatic heterocycles. The molecule has 1 rings (SSSR count). The van der Waals surface area contributed by atoms with E-state index >= 15 is 0 Å². The van der Waals surface area contributed by atoms with Gasteiger partial charge in [-0.3, -0.25) is 4.89 Å². The van der Waals surface area contributed by atoms with Crippen molar-refractivity contribution in [2.45, 2.75) is 60.5 Å². The first-order valence-electron chi connectivity index (χ1n) is 7.13. The third-order valence-corrected chi connectivity index (χ3v) is 3.90. The lowest BCUT2D eigenvalue weighted by Crippen LogP contribution is -2.41. The summed E-state index contributed by atoms with van der Waals surface area (Å²) in [5, 5.41) is 7.69. The molecule has 0 radical (unpaired) electrons. The zero-order chi connectivity index (χ0) is 17.6. The molecule has 0 fully saturated rings. The lowest BCUT2D eigenvalue weighted by Gasteiger charge is -2.39. The van der Waals surface area contributed by atoms with E-state index in [1.165, 1.54) is 0 Å². The summed E-state index contributed by atoms with van der Waals surface area (Å²) in [5.41, 5.74) is -0.0307. The third-order valence-electron chi connectivity index (χ3n) is 3.90. The van der Waals surface area contributed by atoms with Gasteiger partial charge < -0.3 is 14.6 Å². The SMILES string of the molecule is CCC(C)(C)C(C)(C)OOC1=C(C)C(=O)O1.CCOC(=O)O. The number of rotatable bonds is 6. The number of esters is 1. The number of carbonyl (C=O) groups is 2. The molecule has 0 aromatic carbocycles. The fourth-order valence-electron chi connectivity index (χ4n) is 1.16. The van der Waals surface area contributed by atoms with Gasteiger partial charge in [0, 0.05) is 0 Å². The van der Waals surface area contributed by atoms with Crippen LogP contribution in [0.1, 0.15) is 54.9 Å². The fraction of sp³-hybridized carbons (Fsp3) is 0.733. The number of carbonyl (C=O) groups excluding carboxylic acids is 1. The summed E-state index contributed by atoms with van der Waals surface area (Å²) >= 11 is 0. The van der Waals surface area contributed by atoms with Gasteiger partial charge in [-0.05, 0) is 39.5 Å². The van der Waals surface area contributed by atoms with E-state index in [4.69, 9.17) is 14.9 Å². The van der Waals surface area contributed by atoms with Crippen molar-refractivity contribution >= 4 is 12.1 Å². The Kier molecular flexibility index (Phi) is 7.38. The van der Waals surface area contributed by atoms with Gasteiger partial charge in [0.15, 0.2) is 0 Å². The highest BCUT2D eigenvalue weighted by atomic mass is 17.2. The minimum absolute atomic E-state index is 0.0325. The molecule has 0 bridgehead atoms. The smallest absolute Gasteiger partial charge is 0.450 e. The summed E-state index contributed by atoms with van der Waals surface area (Å²) in [6, 6.07) is 0. The minimum atomic E-state index is -1.21. The molecule has 0 aliphatic carbocycles. The zero-order valence-corrected chi connectivity index (χ0v) is 14.3. The molecule has 1 heterocycles. The van der Waals surface area contributed by atoms with E-state index in [0.717, 1.165) is 6.42 Å². The Bertz CT molecular complexity index is 435. The van der Waals surface area contributed by atoms with Crippen LogP contribution in [0.4, 0.5) is 4.79 Å². The first kappa shape index (κ1) is 20.2. The zero-order valence-electron chi connectivity index (χ0n) is 14.3. The first-order chi connectivity index (χ1) is 9.98. The number of ether oxygens (including phenoxy) is 2. The molecule has 0 aromatic rings. The molecule has 0 spiro atoms. The van der Waals surface area contributed by atoms with E-state index in [0.29, 0.717) is 5.57 Å². The van der Waals surface area contributed by atoms with Gasteiger partial charge in [-0.25, -0.2) is 9.59 Å². The second-order valence-corrected chi connectivity index (χ2v) is 5.92. The summed E-state index contributed by atoms with van der Waals surface area (Å²) in [6.45, 7) is 13.7. The van der Waals surface area contributed by atoms with Crippen molar-refractivity contribution in [3.63, 3.8) is 0 Å². The molecule has 0 unspecified atom stereocenters. The average molecular weight is 318 g/mol. The van der Waals surface area contributed by atoms with Gasteiger partial charge in [0.1, 0.15) is 11.2 Å². The lowest BCUT2D eigenvalue weighted by molar-refractivity contribution is -0.371. The van der Waals surface area contributed by atoms with Crippen molar-refractivity contribution in [2.24, 2.45) is 5.41 Å². The Morgan fingerprint density at radius 3 is 2.05 bits per heavy atom. The molecular formula is C15H26O7. The van der Waals surface area contributed by atoms with Gasteiger partial charge in [-0.2, -0.15) is 4.89 Å². The van der Waals surface area contributed by atoms with Crippen LogP contribution in [0.15, 0.2) is 11.5 Å². The quantitative estimate of drug-likeness (QED) is 0.454. The second kappa shape index (κ2) is 8.03. The minimum Gasteiger partial charge on any atom is -0.450 e. The number of carboxylic acid groups (broad SMARTS) is 1. The summed E-state index contributed by atoms with van der Waals surface area (Å²) in [7, 11) is 0. The maximum Gasteiger partial charge on any atom is 0.505 e. The molecule has 0 saturated carbocycles. The molecule has 0 saturated heterocycles. The summed E-state index contributed by atoms with van der Waals surface area (Å²) in [5.74, 6) is -0.184. The van der Waals surface area contributed by atoms with E-state index < -0.39 is 11.8 Å². The Balaban J connectivity index is 0.000000626. The van der Waals surface area contributed by atoms with Crippen LogP contribution in [0.25, 0.3) is 0 Å². The average Bonchev–Trinajstić information content (AvgIpc) is 2.43. The molecule has 0 atom stereocenters. The number of cyclic esters (lactones) is 1. The van der Waals surface area contributed by atoms with Gasteiger partial charge in [0.2, 0.25) is 0 Å². The fourth-order valence-corrected chi connectivity index (χ4v) is 1.16. The van der Waals surface area contributed by atoms with Crippen LogP contribution in [0.3, 0.4) is 0 Å². The molecule has 1 aliphatic rings. The highest BCUT2D eigenvalue weighted by Crippen LogP contribution is 2.38. The van der Waals surface area contributed by atoms with Gasteiger partial charge in [0.05, 0.1) is 6.61 Å². The van der Waals surface area contributed by atoms with Crippen molar-refractivity contribution in [1.29, 1.82) is 0 Å². The van der Waals surface area contributed by atoms with Crippen molar-refractivity contribution in [3.8, 4) is 0 Å². The van der Waals surface area contributed by atoms with Crippen LogP contribution in [0, 0.1) is 5.41 Å². The predicted molar refractivity (Wildman–Crippen MR) is 78.8 cm³/mol. The van der Waals surface area contributed by atoms with E-state index in [1.807, 2.05) is 13.8 Å². The van der Waals surface area contributed by atoms with Crippen LogP contribution in [0.2, 0.25) is 0 Å². The van der Waals surface area contributed by atoms with Crippen molar-refractivity contribution in [3.05, 3.63) is 11.5 Å². The van der Waals surface area contributed by atoms with Crippen LogP contribution in [-0.4, -0.2) is 29.4 Å². The van der Waals surface area contributed by atoms with Gasteiger partial charge in [-0.15, -0.1) is 0 Å². The second-order valence-electron chi connectivity index (χ2n) is 5.92.